The van der Waals surface area contributed by atoms with E-state index in [1.54, 1.807) is 0 Å². The van der Waals surface area contributed by atoms with Crippen molar-refractivity contribution in [1.29, 1.82) is 0 Å². The molecule has 1 atom stereocenters. The number of hydrogen-bond acceptors (Lipinski definition) is 4. The number of benzene rings is 2. The minimum absolute atomic E-state index is 0. The van der Waals surface area contributed by atoms with Gasteiger partial charge in [-0.3, -0.25) is 4.90 Å². The second kappa shape index (κ2) is 11.4. The van der Waals surface area contributed by atoms with Gasteiger partial charge >= 0.3 is 6.09 Å². The molecule has 3 aliphatic rings. The van der Waals surface area contributed by atoms with Crippen LogP contribution in [0.15, 0.2) is 48.5 Å². The molecule has 0 aromatic heterocycles. The second-order valence-electron chi connectivity index (χ2n) is 11.0. The summed E-state index contributed by atoms with van der Waals surface area (Å²) in [5.74, 6) is 1.92. The van der Waals surface area contributed by atoms with Crippen LogP contribution in [-0.2, 0) is 17.7 Å². The van der Waals surface area contributed by atoms with Crippen LogP contribution in [0.5, 0.6) is 5.75 Å². The van der Waals surface area contributed by atoms with Crippen molar-refractivity contribution in [3.05, 3.63) is 65.5 Å². The van der Waals surface area contributed by atoms with Gasteiger partial charge in [-0.1, -0.05) is 38.1 Å². The largest absolute Gasteiger partial charge is 0.493 e. The van der Waals surface area contributed by atoms with E-state index in [9.17, 15) is 9.18 Å². The van der Waals surface area contributed by atoms with Crippen LogP contribution in [-0.4, -0.2) is 53.8 Å². The van der Waals surface area contributed by atoms with Crippen molar-refractivity contribution in [2.24, 2.45) is 11.8 Å². The van der Waals surface area contributed by atoms with Crippen molar-refractivity contribution in [1.82, 2.24) is 9.80 Å². The normalized spacial score (nSPS) is 21.5. The zero-order valence-corrected chi connectivity index (χ0v) is 22.1. The number of carbonyl (C=O) groups excluding carboxylic acids is 1. The van der Waals surface area contributed by atoms with Crippen molar-refractivity contribution in [2.75, 3.05) is 26.2 Å². The fraction of sp³-hybridized carbons (Fsp3) is 0.552. The Kier molecular flexibility index (Phi) is 8.46. The lowest BCUT2D eigenvalue weighted by Crippen LogP contribution is -2.53. The first-order chi connectivity index (χ1) is 16.9. The minimum atomic E-state index is -0.494. The van der Waals surface area contributed by atoms with Gasteiger partial charge in [0.1, 0.15) is 17.2 Å². The van der Waals surface area contributed by atoms with Crippen LogP contribution < -0.4 is 4.74 Å². The van der Waals surface area contributed by atoms with Gasteiger partial charge in [0.05, 0.1) is 12.6 Å². The summed E-state index contributed by atoms with van der Waals surface area (Å²) in [6.45, 7) is 8.50. The molecule has 2 heterocycles. The van der Waals surface area contributed by atoms with Gasteiger partial charge in [0, 0.05) is 39.0 Å². The first-order valence-corrected chi connectivity index (χ1v) is 13.1. The van der Waals surface area contributed by atoms with Crippen molar-refractivity contribution in [3.8, 4) is 5.75 Å². The maximum atomic E-state index is 13.6. The first-order valence-electron chi connectivity index (χ1n) is 13.1. The maximum Gasteiger partial charge on any atom is 0.411 e. The number of halogens is 2. The van der Waals surface area contributed by atoms with E-state index in [1.807, 2.05) is 41.3 Å². The number of likely N-dealkylation sites (tertiary alicyclic amines) is 1. The Bertz CT molecular complexity index is 1000. The monoisotopic (exact) mass is 516 g/mol. The Hall–Kier alpha value is -2.31. The molecule has 5 rings (SSSR count). The van der Waals surface area contributed by atoms with Gasteiger partial charge in [-0.25, -0.2) is 9.18 Å². The van der Waals surface area contributed by atoms with Gasteiger partial charge in [0.2, 0.25) is 0 Å². The van der Waals surface area contributed by atoms with Crippen molar-refractivity contribution < 1.29 is 18.7 Å². The molecule has 1 unspecified atom stereocenters. The quantitative estimate of drug-likeness (QED) is 0.404. The van der Waals surface area contributed by atoms with Gasteiger partial charge in [-0.15, -0.1) is 12.4 Å². The Morgan fingerprint density at radius 2 is 1.67 bits per heavy atom. The van der Waals surface area contributed by atoms with Gasteiger partial charge in [0.15, 0.2) is 0 Å². The Labute approximate surface area is 220 Å². The van der Waals surface area contributed by atoms with Crippen LogP contribution in [0.1, 0.15) is 50.7 Å². The third kappa shape index (κ3) is 6.33. The molecule has 2 aromatic rings. The van der Waals surface area contributed by atoms with Gasteiger partial charge in [-0.05, 0) is 66.5 Å². The highest BCUT2D eigenvalue weighted by atomic mass is 35.5. The summed E-state index contributed by atoms with van der Waals surface area (Å²) < 4.78 is 25.6. The highest BCUT2D eigenvalue weighted by Crippen LogP contribution is 2.42. The number of carbonyl (C=O) groups is 1. The number of ether oxygens (including phenoxy) is 2. The number of nitrogens with zero attached hydrogens (tertiary/aromatic N) is 2. The van der Waals surface area contributed by atoms with Gasteiger partial charge in [-0.2, -0.15) is 0 Å². The lowest BCUT2D eigenvalue weighted by molar-refractivity contribution is -0.0225. The van der Waals surface area contributed by atoms with Crippen molar-refractivity contribution >= 4 is 18.5 Å². The molecule has 1 aliphatic carbocycles. The van der Waals surface area contributed by atoms with Crippen LogP contribution in [0.4, 0.5) is 9.18 Å². The molecular formula is C29H38ClFN2O3. The predicted octanol–water partition coefficient (Wildman–Crippen LogP) is 6.09. The van der Waals surface area contributed by atoms with Crippen molar-refractivity contribution in [2.45, 2.75) is 64.1 Å². The van der Waals surface area contributed by atoms with Crippen molar-refractivity contribution in [3.63, 3.8) is 0 Å². The Balaban J connectivity index is 0.00000304. The molecule has 36 heavy (non-hydrogen) atoms. The lowest BCUT2D eigenvalue weighted by Gasteiger charge is -2.42. The van der Waals surface area contributed by atoms with E-state index < -0.39 is 5.60 Å². The molecule has 0 radical (unpaired) electrons. The predicted molar refractivity (Wildman–Crippen MR) is 141 cm³/mol. The zero-order valence-electron chi connectivity index (χ0n) is 21.3. The van der Waals surface area contributed by atoms with Crippen LogP contribution in [0.3, 0.4) is 0 Å². The van der Waals surface area contributed by atoms with Crippen LogP contribution in [0.2, 0.25) is 0 Å². The number of piperidine rings is 1. The van der Waals surface area contributed by atoms with Gasteiger partial charge < -0.3 is 14.4 Å². The summed E-state index contributed by atoms with van der Waals surface area (Å²) in [5, 5.41) is 0. The molecule has 196 valence electrons. The molecule has 1 saturated carbocycles. The third-order valence-electron chi connectivity index (χ3n) is 7.63. The highest BCUT2D eigenvalue weighted by Gasteiger charge is 2.54. The topological polar surface area (TPSA) is 42.0 Å². The molecule has 1 amide bonds. The van der Waals surface area contributed by atoms with Gasteiger partial charge in [0.25, 0.3) is 0 Å². The van der Waals surface area contributed by atoms with E-state index >= 15 is 0 Å². The number of rotatable bonds is 9. The molecule has 2 aromatic carbocycles. The summed E-state index contributed by atoms with van der Waals surface area (Å²) in [7, 11) is 0. The summed E-state index contributed by atoms with van der Waals surface area (Å²) in [6, 6.07) is 14.6. The Morgan fingerprint density at radius 1 is 1.03 bits per heavy atom. The van der Waals surface area contributed by atoms with E-state index in [0.29, 0.717) is 25.5 Å². The molecule has 0 bridgehead atoms. The Morgan fingerprint density at radius 3 is 2.28 bits per heavy atom. The molecule has 3 fully saturated rings. The zero-order chi connectivity index (χ0) is 24.4. The van der Waals surface area contributed by atoms with Crippen LogP contribution in [0, 0.1) is 17.7 Å². The van der Waals surface area contributed by atoms with E-state index in [4.69, 9.17) is 9.47 Å². The van der Waals surface area contributed by atoms with E-state index in [-0.39, 0.29) is 30.4 Å². The van der Waals surface area contributed by atoms with E-state index in [0.717, 1.165) is 48.7 Å². The fourth-order valence-corrected chi connectivity index (χ4v) is 5.39. The molecular weight excluding hydrogens is 479 g/mol. The van der Waals surface area contributed by atoms with E-state index in [1.165, 1.54) is 31.5 Å². The summed E-state index contributed by atoms with van der Waals surface area (Å²) >= 11 is 0. The first kappa shape index (κ1) is 26.7. The smallest absolute Gasteiger partial charge is 0.411 e. The minimum Gasteiger partial charge on any atom is -0.493 e. The number of hydrogen-bond donors (Lipinski definition) is 0. The average molecular weight is 517 g/mol. The van der Waals surface area contributed by atoms with Crippen LogP contribution in [0.25, 0.3) is 0 Å². The summed E-state index contributed by atoms with van der Waals surface area (Å²) in [6.07, 6.45) is 4.79. The average Bonchev–Trinajstić information content (AvgIpc) is 3.63. The standard InChI is InChI=1S/C29H37FN2O3.ClH/c1-21(2)20-34-26-11-7-24(8-12-26)19-32-27(17-22-5-9-25(30)10-6-22)29(35-28(32)33)13-15-31(16-14-29)18-23-3-4-23;/h5-12,21,23,27H,3-4,13-20H2,1-2H3;1H. The molecule has 5 nitrogen and oxygen atoms in total. The summed E-state index contributed by atoms with van der Waals surface area (Å²) in [5.41, 5.74) is 1.58. The third-order valence-corrected chi connectivity index (χ3v) is 7.63. The summed E-state index contributed by atoms with van der Waals surface area (Å²) in [4.78, 5) is 17.7. The highest BCUT2D eigenvalue weighted by molar-refractivity contribution is 5.85. The maximum absolute atomic E-state index is 13.6. The molecule has 2 aliphatic heterocycles. The number of amides is 1. The lowest BCUT2D eigenvalue weighted by atomic mass is 9.81. The fourth-order valence-electron chi connectivity index (χ4n) is 5.39. The van der Waals surface area contributed by atoms with E-state index in [2.05, 4.69) is 18.7 Å². The second-order valence-corrected chi connectivity index (χ2v) is 11.0. The van der Waals surface area contributed by atoms with Crippen LogP contribution >= 0.6 is 12.4 Å². The SMILES string of the molecule is CC(C)COc1ccc(CN2C(=O)OC3(CCN(CC4CC4)CC3)C2Cc2ccc(F)cc2)cc1.Cl. The molecule has 1 spiro atoms. The molecule has 0 N–H and O–H groups in total. The molecule has 2 saturated heterocycles. The molecule has 7 heteroatoms.